The summed E-state index contributed by atoms with van der Waals surface area (Å²) in [4.78, 5) is 0. The van der Waals surface area contributed by atoms with Crippen LogP contribution in [0.5, 0.6) is 0 Å². The summed E-state index contributed by atoms with van der Waals surface area (Å²) in [7, 11) is 1.87. The summed E-state index contributed by atoms with van der Waals surface area (Å²) in [6, 6.07) is 2.37. The van der Waals surface area contributed by atoms with Crippen molar-refractivity contribution in [1.29, 1.82) is 5.26 Å². The largest absolute Gasteiger partial charge is 0.378 e. The fraction of sp³-hybridized carbons (Fsp3) is 0.909. The van der Waals surface area contributed by atoms with Crippen molar-refractivity contribution in [2.24, 2.45) is 5.92 Å². The van der Waals surface area contributed by atoms with E-state index in [9.17, 15) is 0 Å². The number of nitrogens with one attached hydrogen (secondary N) is 1. The third-order valence-electron chi connectivity index (χ3n) is 3.43. The van der Waals surface area contributed by atoms with Gasteiger partial charge in [0, 0.05) is 13.0 Å². The average molecular weight is 194 g/mol. The number of nitrogens with zero attached hydrogens (tertiary/aromatic N) is 1. The van der Waals surface area contributed by atoms with Gasteiger partial charge in [-0.3, -0.25) is 0 Å². The van der Waals surface area contributed by atoms with E-state index in [0.717, 1.165) is 31.8 Å². The molecule has 1 N–H and O–H groups in total. The summed E-state index contributed by atoms with van der Waals surface area (Å²) in [5.41, 5.74) is -0.311. The Morgan fingerprint density at radius 2 is 2.29 bits per heavy atom. The number of rotatable bonds is 4. The predicted molar refractivity (Wildman–Crippen MR) is 53.7 cm³/mol. The monoisotopic (exact) mass is 194 g/mol. The summed E-state index contributed by atoms with van der Waals surface area (Å²) < 4.78 is 5.79. The van der Waals surface area contributed by atoms with Crippen LogP contribution in [0.15, 0.2) is 0 Å². The van der Waals surface area contributed by atoms with Crippen LogP contribution in [-0.4, -0.2) is 25.3 Å². The normalized spacial score (nSPS) is 37.0. The molecular formula is C11H18N2O. The average Bonchev–Trinajstić information content (AvgIpc) is 2.96. The quantitative estimate of drug-likeness (QED) is 0.736. The maximum atomic E-state index is 9.06. The molecule has 0 bridgehead atoms. The fourth-order valence-electron chi connectivity index (χ4n) is 2.08. The van der Waals surface area contributed by atoms with E-state index in [1.807, 2.05) is 7.05 Å². The minimum absolute atomic E-state index is 0.308. The van der Waals surface area contributed by atoms with Crippen molar-refractivity contribution >= 4 is 0 Å². The van der Waals surface area contributed by atoms with Gasteiger partial charge in [-0.1, -0.05) is 0 Å². The van der Waals surface area contributed by atoms with E-state index in [1.165, 1.54) is 12.8 Å². The van der Waals surface area contributed by atoms with E-state index in [1.54, 1.807) is 0 Å². The number of hydrogen-bond donors (Lipinski definition) is 1. The third-order valence-corrected chi connectivity index (χ3v) is 3.43. The van der Waals surface area contributed by atoms with Crippen molar-refractivity contribution in [2.45, 2.75) is 43.7 Å². The van der Waals surface area contributed by atoms with Crippen molar-refractivity contribution in [3.05, 3.63) is 0 Å². The molecule has 2 atom stereocenters. The van der Waals surface area contributed by atoms with Crippen LogP contribution in [0.4, 0.5) is 0 Å². The Balaban J connectivity index is 1.78. The van der Waals surface area contributed by atoms with Crippen LogP contribution >= 0.6 is 0 Å². The second kappa shape index (κ2) is 3.88. The summed E-state index contributed by atoms with van der Waals surface area (Å²) >= 11 is 0. The van der Waals surface area contributed by atoms with Gasteiger partial charge in [0.1, 0.15) is 5.54 Å². The molecule has 0 radical (unpaired) electrons. The highest BCUT2D eigenvalue weighted by atomic mass is 16.5. The summed E-state index contributed by atoms with van der Waals surface area (Å²) in [6.07, 6.45) is 5.79. The first-order valence-electron chi connectivity index (χ1n) is 5.50. The van der Waals surface area contributed by atoms with Gasteiger partial charge in [0.05, 0.1) is 12.2 Å². The second-order valence-corrected chi connectivity index (χ2v) is 4.59. The van der Waals surface area contributed by atoms with Gasteiger partial charge in [-0.25, -0.2) is 0 Å². The molecule has 0 aromatic rings. The molecule has 0 heterocycles. The molecule has 78 valence electrons. The SMILES string of the molecule is CNC1(C#N)CCC(OCC2CC2)C1. The van der Waals surface area contributed by atoms with Crippen LogP contribution in [0.1, 0.15) is 32.1 Å². The van der Waals surface area contributed by atoms with E-state index in [-0.39, 0.29) is 5.54 Å². The third kappa shape index (κ3) is 2.08. The first kappa shape index (κ1) is 9.95. The highest BCUT2D eigenvalue weighted by Gasteiger charge is 2.39. The molecule has 2 aliphatic carbocycles. The first-order chi connectivity index (χ1) is 6.78. The number of hydrogen-bond acceptors (Lipinski definition) is 3. The zero-order valence-electron chi connectivity index (χ0n) is 8.75. The van der Waals surface area contributed by atoms with Crippen LogP contribution in [-0.2, 0) is 4.74 Å². The summed E-state index contributed by atoms with van der Waals surface area (Å²) in [6.45, 7) is 0.913. The van der Waals surface area contributed by atoms with E-state index in [0.29, 0.717) is 6.10 Å². The van der Waals surface area contributed by atoms with Gasteiger partial charge >= 0.3 is 0 Å². The molecule has 0 amide bonds. The molecule has 14 heavy (non-hydrogen) atoms. The van der Waals surface area contributed by atoms with Crippen molar-refractivity contribution < 1.29 is 4.74 Å². The van der Waals surface area contributed by atoms with Gasteiger partial charge in [0.25, 0.3) is 0 Å². The lowest BCUT2D eigenvalue weighted by Crippen LogP contribution is -2.39. The highest BCUT2D eigenvalue weighted by Crippen LogP contribution is 2.34. The second-order valence-electron chi connectivity index (χ2n) is 4.59. The minimum Gasteiger partial charge on any atom is -0.378 e. The molecule has 0 aliphatic heterocycles. The molecule has 0 aromatic carbocycles. The van der Waals surface area contributed by atoms with Crippen molar-refractivity contribution in [2.75, 3.05) is 13.7 Å². The van der Waals surface area contributed by atoms with Crippen LogP contribution in [0, 0.1) is 17.2 Å². The Morgan fingerprint density at radius 1 is 1.50 bits per heavy atom. The predicted octanol–water partition coefficient (Wildman–Crippen LogP) is 1.45. The Labute approximate surface area is 85.4 Å². The number of nitriles is 1. The van der Waals surface area contributed by atoms with E-state index in [2.05, 4.69) is 11.4 Å². The van der Waals surface area contributed by atoms with Gasteiger partial charge in [0.2, 0.25) is 0 Å². The number of ether oxygens (including phenoxy) is 1. The van der Waals surface area contributed by atoms with Gasteiger partial charge in [0.15, 0.2) is 0 Å². The van der Waals surface area contributed by atoms with Gasteiger partial charge in [-0.05, 0) is 38.6 Å². The molecule has 2 unspecified atom stereocenters. The Hall–Kier alpha value is -0.590. The van der Waals surface area contributed by atoms with Crippen LogP contribution < -0.4 is 5.32 Å². The van der Waals surface area contributed by atoms with Crippen molar-refractivity contribution in [1.82, 2.24) is 5.32 Å². The molecule has 2 rings (SSSR count). The highest BCUT2D eigenvalue weighted by molar-refractivity contribution is 5.11. The van der Waals surface area contributed by atoms with E-state index < -0.39 is 0 Å². The standard InChI is InChI=1S/C11H18N2O/c1-13-11(8-12)5-4-10(6-11)14-7-9-2-3-9/h9-10,13H,2-7H2,1H3. The van der Waals surface area contributed by atoms with E-state index in [4.69, 9.17) is 10.00 Å². The summed E-state index contributed by atoms with van der Waals surface area (Å²) in [5.74, 6) is 0.821. The Bertz CT molecular complexity index is 244. The molecule has 0 saturated heterocycles. The molecule has 2 saturated carbocycles. The zero-order chi connectivity index (χ0) is 10.0. The molecule has 0 spiro atoms. The molecular weight excluding hydrogens is 176 g/mol. The maximum absolute atomic E-state index is 9.06. The van der Waals surface area contributed by atoms with E-state index >= 15 is 0 Å². The Kier molecular flexibility index (Phi) is 2.76. The lowest BCUT2D eigenvalue weighted by molar-refractivity contribution is 0.0477. The summed E-state index contributed by atoms with van der Waals surface area (Å²) in [5, 5.41) is 12.2. The zero-order valence-corrected chi connectivity index (χ0v) is 8.75. The Morgan fingerprint density at radius 3 is 2.79 bits per heavy atom. The molecule has 2 aliphatic rings. The first-order valence-corrected chi connectivity index (χ1v) is 5.50. The molecule has 3 nitrogen and oxygen atoms in total. The van der Waals surface area contributed by atoms with Crippen LogP contribution in [0.3, 0.4) is 0 Å². The van der Waals surface area contributed by atoms with Crippen LogP contribution in [0.25, 0.3) is 0 Å². The molecule has 2 fully saturated rings. The molecule has 0 aromatic heterocycles. The molecule has 3 heteroatoms. The topological polar surface area (TPSA) is 45.0 Å². The maximum Gasteiger partial charge on any atom is 0.109 e. The lowest BCUT2D eigenvalue weighted by Gasteiger charge is -2.19. The fourth-order valence-corrected chi connectivity index (χ4v) is 2.08. The lowest BCUT2D eigenvalue weighted by atomic mass is 10.0. The minimum atomic E-state index is -0.311. The van der Waals surface area contributed by atoms with Gasteiger partial charge < -0.3 is 10.1 Å². The smallest absolute Gasteiger partial charge is 0.109 e. The van der Waals surface area contributed by atoms with Gasteiger partial charge in [-0.2, -0.15) is 5.26 Å². The van der Waals surface area contributed by atoms with Crippen molar-refractivity contribution in [3.63, 3.8) is 0 Å². The van der Waals surface area contributed by atoms with Crippen LogP contribution in [0.2, 0.25) is 0 Å². The van der Waals surface area contributed by atoms with Crippen molar-refractivity contribution in [3.8, 4) is 6.07 Å². The van der Waals surface area contributed by atoms with Gasteiger partial charge in [-0.15, -0.1) is 0 Å².